The molecule has 1 unspecified atom stereocenters. The van der Waals surface area contributed by atoms with E-state index in [0.717, 1.165) is 44.9 Å². The van der Waals surface area contributed by atoms with Crippen LogP contribution >= 0.6 is 0 Å². The van der Waals surface area contributed by atoms with Crippen LogP contribution in [0.2, 0.25) is 0 Å². The first kappa shape index (κ1) is 48.3. The summed E-state index contributed by atoms with van der Waals surface area (Å²) in [6.07, 6.45) is 30.8. The number of carbonyl (C=O) groups excluding carboxylic acids is 2. The van der Waals surface area contributed by atoms with E-state index in [1.165, 1.54) is 0 Å². The third kappa shape index (κ3) is 25.4. The van der Waals surface area contributed by atoms with Crippen LogP contribution < -0.4 is 0 Å². The molecule has 0 aromatic carbocycles. The molecular formula is C41H60O12S. The molecule has 1 saturated heterocycles. The van der Waals surface area contributed by atoms with Crippen molar-refractivity contribution in [2.45, 2.75) is 114 Å². The predicted molar refractivity (Wildman–Crippen MR) is 210 cm³/mol. The molecule has 0 saturated carbocycles. The quantitative estimate of drug-likeness (QED) is 0.0236. The number of unbranched alkanes of at least 4 members (excludes halogenated alkanes) is 6. The lowest BCUT2D eigenvalue weighted by atomic mass is 10.00. The fourth-order valence-electron chi connectivity index (χ4n) is 4.90. The third-order valence-electron chi connectivity index (χ3n) is 7.75. The van der Waals surface area contributed by atoms with Gasteiger partial charge in [-0.15, -0.1) is 0 Å². The van der Waals surface area contributed by atoms with Crippen molar-refractivity contribution in [1.82, 2.24) is 0 Å². The van der Waals surface area contributed by atoms with Crippen LogP contribution in [0.25, 0.3) is 0 Å². The summed E-state index contributed by atoms with van der Waals surface area (Å²) in [5, 5.41) is 30.7. The number of ether oxygens (including phenoxy) is 4. The minimum absolute atomic E-state index is 0.00132. The van der Waals surface area contributed by atoms with Gasteiger partial charge in [0.05, 0.1) is 6.61 Å². The van der Waals surface area contributed by atoms with Gasteiger partial charge in [0, 0.05) is 12.8 Å². The Labute approximate surface area is 321 Å². The summed E-state index contributed by atoms with van der Waals surface area (Å²) in [4.78, 5) is 25.2. The molecule has 4 N–H and O–H groups in total. The highest BCUT2D eigenvalue weighted by Crippen LogP contribution is 2.23. The van der Waals surface area contributed by atoms with Crippen LogP contribution in [0.3, 0.4) is 0 Å². The summed E-state index contributed by atoms with van der Waals surface area (Å²) in [6.45, 7) is 4.76. The molecule has 1 aliphatic rings. The molecule has 0 bridgehead atoms. The van der Waals surface area contributed by atoms with Crippen LogP contribution in [0.15, 0.2) is 110 Å². The lowest BCUT2D eigenvalue weighted by Gasteiger charge is -2.40. The maximum Gasteiger partial charge on any atom is 0.306 e. The van der Waals surface area contributed by atoms with Gasteiger partial charge in [-0.1, -0.05) is 129 Å². The first-order chi connectivity index (χ1) is 26.0. The lowest BCUT2D eigenvalue weighted by molar-refractivity contribution is -0.297. The van der Waals surface area contributed by atoms with Gasteiger partial charge in [0.25, 0.3) is 10.1 Å². The molecule has 0 aromatic rings. The number of carbonyl (C=O) groups is 2. The molecule has 0 aliphatic carbocycles. The molecule has 0 radical (unpaired) electrons. The van der Waals surface area contributed by atoms with Crippen molar-refractivity contribution in [2.75, 3.05) is 19.0 Å². The van der Waals surface area contributed by atoms with E-state index < -0.39 is 71.2 Å². The van der Waals surface area contributed by atoms with Crippen LogP contribution in [-0.2, 0) is 38.7 Å². The van der Waals surface area contributed by atoms with E-state index in [1.54, 1.807) is 18.2 Å². The fraction of sp³-hybridized carbons (Fsp3) is 0.512. The van der Waals surface area contributed by atoms with Gasteiger partial charge in [0.15, 0.2) is 12.4 Å². The van der Waals surface area contributed by atoms with Crippen LogP contribution in [0.1, 0.15) is 77.6 Å². The molecule has 6 atom stereocenters. The Balaban J connectivity index is 2.63. The monoisotopic (exact) mass is 776 g/mol. The highest BCUT2D eigenvalue weighted by molar-refractivity contribution is 7.85. The third-order valence-corrected chi connectivity index (χ3v) is 8.50. The van der Waals surface area contributed by atoms with Gasteiger partial charge in [0.1, 0.15) is 36.8 Å². The first-order valence-corrected chi connectivity index (χ1v) is 20.1. The second-order valence-electron chi connectivity index (χ2n) is 12.4. The summed E-state index contributed by atoms with van der Waals surface area (Å²) >= 11 is 0. The standard InChI is InChI=1S/C41H60O12S/c1-3-5-7-9-11-13-15-17-19-21-23-25-27-29-36(42)50-31-34(32-51-41-40(46)39(45)38(44)35(53-41)33-54(47,48)49)52-37(43)30-28-26-24-22-20-18-16-14-12-10-8-6-4-2/h3-8,10,12-16,18,20,22,24,26,34-35,38-41,44-46H,1,9,11,17,19,21,23,25,27-33H2,2H3,(H,47,48,49)/b6-4+,7-5+,10-8+,14-12+,15-13-,18-16+,22-20+,26-24+/t34-,35-,38-,39+,40-,41?/m1/s1. The van der Waals surface area contributed by atoms with E-state index in [1.807, 2.05) is 73.8 Å². The zero-order valence-corrected chi connectivity index (χ0v) is 32.2. The van der Waals surface area contributed by atoms with Crippen molar-refractivity contribution in [3.8, 4) is 0 Å². The van der Waals surface area contributed by atoms with E-state index >= 15 is 0 Å². The van der Waals surface area contributed by atoms with Crippen LogP contribution in [0, 0.1) is 0 Å². The summed E-state index contributed by atoms with van der Waals surface area (Å²) in [6, 6.07) is 0. The Hall–Kier alpha value is -3.69. The number of hydrogen-bond acceptors (Lipinski definition) is 11. The van der Waals surface area contributed by atoms with Crippen molar-refractivity contribution in [3.05, 3.63) is 110 Å². The van der Waals surface area contributed by atoms with E-state index in [0.29, 0.717) is 12.8 Å². The molecular weight excluding hydrogens is 717 g/mol. The number of rotatable bonds is 28. The molecule has 302 valence electrons. The zero-order chi connectivity index (χ0) is 39.9. The molecule has 0 spiro atoms. The molecule has 1 rings (SSSR count). The predicted octanol–water partition coefficient (Wildman–Crippen LogP) is 6.10. The Kier molecular flexibility index (Phi) is 27.4. The van der Waals surface area contributed by atoms with E-state index in [-0.39, 0.29) is 19.4 Å². The summed E-state index contributed by atoms with van der Waals surface area (Å²) < 4.78 is 53.6. The lowest BCUT2D eigenvalue weighted by Crippen LogP contribution is -2.60. The minimum atomic E-state index is -4.62. The number of allylic oxidation sites excluding steroid dienone is 17. The highest BCUT2D eigenvalue weighted by Gasteiger charge is 2.46. The van der Waals surface area contributed by atoms with Gasteiger partial charge in [-0.3, -0.25) is 14.1 Å². The number of aliphatic hydroxyl groups is 3. The maximum atomic E-state index is 12.7. The van der Waals surface area contributed by atoms with Crippen LogP contribution in [-0.4, -0.2) is 96.0 Å². The summed E-state index contributed by atoms with van der Waals surface area (Å²) in [5.74, 6) is -2.17. The van der Waals surface area contributed by atoms with Gasteiger partial charge in [-0.2, -0.15) is 8.42 Å². The van der Waals surface area contributed by atoms with Crippen molar-refractivity contribution in [2.24, 2.45) is 0 Å². The van der Waals surface area contributed by atoms with Gasteiger partial charge in [0.2, 0.25) is 0 Å². The fourth-order valence-corrected chi connectivity index (χ4v) is 5.59. The Morgan fingerprint density at radius 1 is 0.685 bits per heavy atom. The number of hydrogen-bond donors (Lipinski definition) is 4. The SMILES string of the molecule is C=C/C=C/CC/C=C\CCCCCCCC(=O)OC[C@H](COC1O[C@H](CS(=O)(=O)O)[C@@H](O)[C@H](O)[C@H]1O)OC(=O)CC/C=C/C=C/C=C/C=C/C=C/C=C/C. The molecule has 54 heavy (non-hydrogen) atoms. The second kappa shape index (κ2) is 30.6. The average Bonchev–Trinajstić information content (AvgIpc) is 3.13. The first-order valence-electron chi connectivity index (χ1n) is 18.5. The molecule has 12 nitrogen and oxygen atoms in total. The highest BCUT2D eigenvalue weighted by atomic mass is 32.2. The summed E-state index contributed by atoms with van der Waals surface area (Å²) in [5.41, 5.74) is 0. The molecule has 13 heteroatoms. The van der Waals surface area contributed by atoms with Crippen molar-refractivity contribution in [1.29, 1.82) is 0 Å². The second-order valence-corrected chi connectivity index (χ2v) is 13.9. The Bertz CT molecular complexity index is 1410. The van der Waals surface area contributed by atoms with Gasteiger partial charge in [-0.05, 0) is 45.4 Å². The van der Waals surface area contributed by atoms with Crippen molar-refractivity contribution >= 4 is 22.1 Å². The number of esters is 2. The molecule has 1 aliphatic heterocycles. The molecule has 1 fully saturated rings. The largest absolute Gasteiger partial charge is 0.462 e. The average molecular weight is 777 g/mol. The van der Waals surface area contributed by atoms with Crippen LogP contribution in [0.4, 0.5) is 0 Å². The summed E-state index contributed by atoms with van der Waals surface area (Å²) in [7, 11) is -4.62. The van der Waals surface area contributed by atoms with E-state index in [9.17, 15) is 37.9 Å². The van der Waals surface area contributed by atoms with Crippen molar-refractivity contribution in [3.63, 3.8) is 0 Å². The van der Waals surface area contributed by atoms with E-state index in [4.69, 9.17) is 18.9 Å². The Morgan fingerprint density at radius 2 is 1.28 bits per heavy atom. The minimum Gasteiger partial charge on any atom is -0.462 e. The Morgan fingerprint density at radius 3 is 1.94 bits per heavy atom. The van der Waals surface area contributed by atoms with Gasteiger partial charge < -0.3 is 34.3 Å². The zero-order valence-electron chi connectivity index (χ0n) is 31.3. The molecule has 0 aromatic heterocycles. The van der Waals surface area contributed by atoms with Crippen molar-refractivity contribution < 1.29 is 56.8 Å². The molecule has 1 heterocycles. The smallest absolute Gasteiger partial charge is 0.306 e. The van der Waals surface area contributed by atoms with Gasteiger partial charge in [-0.25, -0.2) is 0 Å². The van der Waals surface area contributed by atoms with E-state index in [2.05, 4.69) is 24.8 Å². The van der Waals surface area contributed by atoms with Gasteiger partial charge >= 0.3 is 11.9 Å². The maximum absolute atomic E-state index is 12.7. The topological polar surface area (TPSA) is 186 Å². The number of aliphatic hydroxyl groups excluding tert-OH is 3. The molecule has 0 amide bonds. The normalized spacial score (nSPS) is 22.0. The van der Waals surface area contributed by atoms with Crippen LogP contribution in [0.5, 0.6) is 0 Å².